The van der Waals surface area contributed by atoms with Gasteiger partial charge in [0.2, 0.25) is 0 Å². The number of benzene rings is 3. The monoisotopic (exact) mass is 482 g/mol. The summed E-state index contributed by atoms with van der Waals surface area (Å²) < 4.78 is 54.5. The van der Waals surface area contributed by atoms with Gasteiger partial charge in [-0.3, -0.25) is 0 Å². The summed E-state index contributed by atoms with van der Waals surface area (Å²) in [4.78, 5) is 12.5. The zero-order valence-electron chi connectivity index (χ0n) is 20.0. The summed E-state index contributed by atoms with van der Waals surface area (Å²) in [5.41, 5.74) is 1.61. The predicted molar refractivity (Wildman–Crippen MR) is 129 cm³/mol. The van der Waals surface area contributed by atoms with E-state index in [4.69, 9.17) is 9.47 Å². The largest absolute Gasteiger partial charge is 0.423 e. The minimum absolute atomic E-state index is 0.0463. The molecule has 0 bridgehead atoms. The molecule has 0 saturated heterocycles. The second-order valence-corrected chi connectivity index (χ2v) is 9.14. The van der Waals surface area contributed by atoms with Gasteiger partial charge in [-0.25, -0.2) is 18.0 Å². The molecule has 0 amide bonds. The van der Waals surface area contributed by atoms with Gasteiger partial charge >= 0.3 is 5.97 Å². The second kappa shape index (κ2) is 11.1. The first-order valence-corrected chi connectivity index (χ1v) is 12.0. The van der Waals surface area contributed by atoms with Crippen LogP contribution < -0.4 is 4.74 Å². The zero-order chi connectivity index (χ0) is 24.9. The average molecular weight is 483 g/mol. The number of esters is 1. The zero-order valence-corrected chi connectivity index (χ0v) is 20.0. The van der Waals surface area contributed by atoms with Crippen molar-refractivity contribution in [2.24, 2.45) is 5.92 Å². The number of hydrogen-bond acceptors (Lipinski definition) is 3. The van der Waals surface area contributed by atoms with Gasteiger partial charge in [0.25, 0.3) is 0 Å². The van der Waals surface area contributed by atoms with E-state index >= 15 is 0 Å². The molecule has 3 aromatic rings. The lowest BCUT2D eigenvalue weighted by molar-refractivity contribution is 0.0734. The summed E-state index contributed by atoms with van der Waals surface area (Å²) in [5.74, 6) is -2.13. The standard InChI is InChI=1S/C29H29F3O3/c1-3-34-17-22-12-13-23(16-26(22)30)35-29(33)21-10-8-20(9-11-21)25-15-14-24(27(31)28(25)32)19-6-4-18(2)5-7-19/h8-16,18-19H,3-7,17H2,1-2H3. The molecule has 0 radical (unpaired) electrons. The first-order chi connectivity index (χ1) is 16.9. The van der Waals surface area contributed by atoms with Crippen LogP contribution in [0.15, 0.2) is 54.6 Å². The van der Waals surface area contributed by atoms with Crippen molar-refractivity contribution in [1.29, 1.82) is 0 Å². The van der Waals surface area contributed by atoms with Gasteiger partial charge in [0, 0.05) is 23.8 Å². The number of halogens is 3. The summed E-state index contributed by atoms with van der Waals surface area (Å²) in [7, 11) is 0. The fourth-order valence-electron chi connectivity index (χ4n) is 4.55. The molecule has 184 valence electrons. The third-order valence-electron chi connectivity index (χ3n) is 6.70. The van der Waals surface area contributed by atoms with Crippen molar-refractivity contribution in [3.05, 3.63) is 88.7 Å². The van der Waals surface area contributed by atoms with Gasteiger partial charge in [0.15, 0.2) is 11.6 Å². The quantitative estimate of drug-likeness (QED) is 0.254. The third-order valence-corrected chi connectivity index (χ3v) is 6.70. The first-order valence-electron chi connectivity index (χ1n) is 12.0. The molecule has 1 aliphatic rings. The molecule has 0 N–H and O–H groups in total. The molecule has 0 atom stereocenters. The number of carbonyl (C=O) groups is 1. The van der Waals surface area contributed by atoms with Gasteiger partial charge < -0.3 is 9.47 Å². The van der Waals surface area contributed by atoms with E-state index in [9.17, 15) is 18.0 Å². The average Bonchev–Trinajstić information content (AvgIpc) is 2.86. The lowest BCUT2D eigenvalue weighted by atomic mass is 9.79. The van der Waals surface area contributed by atoms with Crippen LogP contribution in [0.5, 0.6) is 5.75 Å². The van der Waals surface area contributed by atoms with Gasteiger partial charge in [-0.2, -0.15) is 0 Å². The highest BCUT2D eigenvalue weighted by atomic mass is 19.2. The Hall–Kier alpha value is -3.12. The highest BCUT2D eigenvalue weighted by Crippen LogP contribution is 2.38. The van der Waals surface area contributed by atoms with Gasteiger partial charge in [0.05, 0.1) is 12.2 Å². The molecule has 0 unspecified atom stereocenters. The Morgan fingerprint density at radius 3 is 2.29 bits per heavy atom. The molecule has 1 aliphatic carbocycles. The second-order valence-electron chi connectivity index (χ2n) is 9.14. The van der Waals surface area contributed by atoms with Crippen LogP contribution in [-0.4, -0.2) is 12.6 Å². The van der Waals surface area contributed by atoms with E-state index in [0.29, 0.717) is 29.2 Å². The van der Waals surface area contributed by atoms with Gasteiger partial charge in [0.1, 0.15) is 11.6 Å². The summed E-state index contributed by atoms with van der Waals surface area (Å²) in [6.07, 6.45) is 3.78. The van der Waals surface area contributed by atoms with Crippen LogP contribution in [0.25, 0.3) is 11.1 Å². The van der Waals surface area contributed by atoms with Crippen molar-refractivity contribution in [2.75, 3.05) is 6.61 Å². The summed E-state index contributed by atoms with van der Waals surface area (Å²) >= 11 is 0. The SMILES string of the molecule is CCOCc1ccc(OC(=O)c2ccc(-c3ccc(C4CCC(C)CC4)c(F)c3F)cc2)cc1F. The summed E-state index contributed by atoms with van der Waals surface area (Å²) in [5, 5.41) is 0. The lowest BCUT2D eigenvalue weighted by Gasteiger charge is -2.27. The Morgan fingerprint density at radius 1 is 0.914 bits per heavy atom. The van der Waals surface area contributed by atoms with E-state index in [1.54, 1.807) is 24.3 Å². The topological polar surface area (TPSA) is 35.5 Å². The van der Waals surface area contributed by atoms with E-state index in [0.717, 1.165) is 31.7 Å². The van der Waals surface area contributed by atoms with Crippen molar-refractivity contribution < 1.29 is 27.4 Å². The Labute approximate surface area is 203 Å². The molecule has 1 saturated carbocycles. The Kier molecular flexibility index (Phi) is 7.91. The van der Waals surface area contributed by atoms with Crippen molar-refractivity contribution in [3.8, 4) is 16.9 Å². The Bertz CT molecular complexity index is 1180. The Morgan fingerprint density at radius 2 is 1.63 bits per heavy atom. The minimum Gasteiger partial charge on any atom is -0.423 e. The van der Waals surface area contributed by atoms with E-state index in [1.807, 2.05) is 6.92 Å². The summed E-state index contributed by atoms with van der Waals surface area (Å²) in [6.45, 7) is 4.60. The summed E-state index contributed by atoms with van der Waals surface area (Å²) in [6, 6.07) is 13.5. The van der Waals surface area contributed by atoms with Crippen LogP contribution >= 0.6 is 0 Å². The maximum atomic E-state index is 15.0. The molecule has 35 heavy (non-hydrogen) atoms. The highest BCUT2D eigenvalue weighted by molar-refractivity contribution is 5.91. The number of rotatable bonds is 7. The third kappa shape index (κ3) is 5.76. The molecule has 3 nitrogen and oxygen atoms in total. The fraction of sp³-hybridized carbons (Fsp3) is 0.345. The van der Waals surface area contributed by atoms with E-state index in [1.165, 1.54) is 24.3 Å². The molecular weight excluding hydrogens is 453 g/mol. The van der Waals surface area contributed by atoms with Crippen molar-refractivity contribution in [1.82, 2.24) is 0 Å². The first kappa shape index (κ1) is 25.0. The van der Waals surface area contributed by atoms with Gasteiger partial charge in [-0.05, 0) is 60.9 Å². The van der Waals surface area contributed by atoms with Crippen LogP contribution in [0.4, 0.5) is 13.2 Å². The lowest BCUT2D eigenvalue weighted by Crippen LogP contribution is -2.13. The molecule has 4 rings (SSSR count). The van der Waals surface area contributed by atoms with Crippen molar-refractivity contribution in [2.45, 2.75) is 52.1 Å². The molecule has 1 fully saturated rings. The molecule has 0 aromatic heterocycles. The smallest absolute Gasteiger partial charge is 0.343 e. The number of ether oxygens (including phenoxy) is 2. The fourth-order valence-corrected chi connectivity index (χ4v) is 4.55. The van der Waals surface area contributed by atoms with Crippen LogP contribution in [0, 0.1) is 23.4 Å². The highest BCUT2D eigenvalue weighted by Gasteiger charge is 2.25. The maximum absolute atomic E-state index is 15.0. The minimum atomic E-state index is -0.876. The number of carbonyl (C=O) groups excluding carboxylic acids is 1. The normalized spacial score (nSPS) is 17.9. The maximum Gasteiger partial charge on any atom is 0.343 e. The molecule has 0 heterocycles. The van der Waals surface area contributed by atoms with Crippen LogP contribution in [0.3, 0.4) is 0 Å². The van der Waals surface area contributed by atoms with E-state index in [2.05, 4.69) is 6.92 Å². The van der Waals surface area contributed by atoms with Gasteiger partial charge in [-0.1, -0.05) is 50.1 Å². The Balaban J connectivity index is 1.46. The van der Waals surface area contributed by atoms with E-state index < -0.39 is 23.4 Å². The van der Waals surface area contributed by atoms with Crippen molar-refractivity contribution in [3.63, 3.8) is 0 Å². The molecule has 3 aromatic carbocycles. The molecular formula is C29H29F3O3. The number of hydrogen-bond donors (Lipinski definition) is 0. The van der Waals surface area contributed by atoms with E-state index in [-0.39, 0.29) is 29.4 Å². The van der Waals surface area contributed by atoms with Gasteiger partial charge in [-0.15, -0.1) is 0 Å². The van der Waals surface area contributed by atoms with Crippen LogP contribution in [0.2, 0.25) is 0 Å². The van der Waals surface area contributed by atoms with Crippen LogP contribution in [0.1, 0.15) is 66.9 Å². The van der Waals surface area contributed by atoms with Crippen LogP contribution in [-0.2, 0) is 11.3 Å². The molecule has 0 spiro atoms. The van der Waals surface area contributed by atoms with Crippen molar-refractivity contribution >= 4 is 5.97 Å². The predicted octanol–water partition coefficient (Wildman–Crippen LogP) is 7.82. The molecule has 0 aliphatic heterocycles. The molecule has 6 heteroatoms.